The van der Waals surface area contributed by atoms with Gasteiger partial charge < -0.3 is 0 Å². The van der Waals surface area contributed by atoms with Gasteiger partial charge in [-0.3, -0.25) is 34.7 Å². The standard InChI is InChI=1S/C11H17N7O3/c1-2-8-11(21)13-9(19)6-17(8)3-4-18-5-7(15-16-18)10(20)14-12/h5,8H,2-4,6,12H2,1H3,(H,14,20)(H,13,19,21). The second-order valence-electron chi connectivity index (χ2n) is 4.65. The summed E-state index contributed by atoms with van der Waals surface area (Å²) >= 11 is 0. The van der Waals surface area contributed by atoms with Crippen LogP contribution in [0.4, 0.5) is 0 Å². The Balaban J connectivity index is 1.97. The summed E-state index contributed by atoms with van der Waals surface area (Å²) in [4.78, 5) is 36.2. The van der Waals surface area contributed by atoms with Gasteiger partial charge in [0.2, 0.25) is 11.8 Å². The molecule has 1 unspecified atom stereocenters. The fraction of sp³-hybridized carbons (Fsp3) is 0.545. The molecule has 2 heterocycles. The van der Waals surface area contributed by atoms with Crippen molar-refractivity contribution in [3.8, 4) is 0 Å². The normalized spacial score (nSPS) is 19.4. The lowest BCUT2D eigenvalue weighted by Gasteiger charge is -2.33. The molecular formula is C11H17N7O3. The predicted octanol–water partition coefficient (Wildman–Crippen LogP) is -2.38. The third-order valence-electron chi connectivity index (χ3n) is 3.26. The lowest BCUT2D eigenvalue weighted by Crippen LogP contribution is -2.58. The Bertz CT molecular complexity index is 556. The first-order chi connectivity index (χ1) is 10.0. The summed E-state index contributed by atoms with van der Waals surface area (Å²) in [5, 5.41) is 9.79. The molecule has 1 fully saturated rings. The maximum Gasteiger partial charge on any atom is 0.287 e. The number of hydrazine groups is 1. The highest BCUT2D eigenvalue weighted by atomic mass is 16.2. The van der Waals surface area contributed by atoms with E-state index in [9.17, 15) is 14.4 Å². The van der Waals surface area contributed by atoms with Gasteiger partial charge in [0.25, 0.3) is 5.91 Å². The highest BCUT2D eigenvalue weighted by Gasteiger charge is 2.31. The quantitative estimate of drug-likeness (QED) is 0.239. The van der Waals surface area contributed by atoms with Crippen LogP contribution in [-0.2, 0) is 16.1 Å². The Kier molecular flexibility index (Phi) is 4.60. The molecule has 1 aromatic rings. The van der Waals surface area contributed by atoms with Crippen LogP contribution in [0, 0.1) is 0 Å². The number of nitrogen functional groups attached to an aromatic ring is 1. The number of nitrogens with zero attached hydrogens (tertiary/aromatic N) is 4. The minimum atomic E-state index is -0.528. The Morgan fingerprint density at radius 1 is 1.52 bits per heavy atom. The van der Waals surface area contributed by atoms with E-state index in [0.29, 0.717) is 19.5 Å². The molecule has 0 aliphatic carbocycles. The zero-order chi connectivity index (χ0) is 15.4. The van der Waals surface area contributed by atoms with Crippen LogP contribution in [0.5, 0.6) is 0 Å². The maximum absolute atomic E-state index is 11.7. The lowest BCUT2D eigenvalue weighted by molar-refractivity contribution is -0.140. The average Bonchev–Trinajstić information content (AvgIpc) is 2.92. The van der Waals surface area contributed by atoms with Gasteiger partial charge in [-0.05, 0) is 6.42 Å². The largest absolute Gasteiger partial charge is 0.294 e. The van der Waals surface area contributed by atoms with Gasteiger partial charge in [0.15, 0.2) is 5.69 Å². The van der Waals surface area contributed by atoms with Crippen molar-refractivity contribution in [3.05, 3.63) is 11.9 Å². The van der Waals surface area contributed by atoms with E-state index in [1.165, 1.54) is 10.9 Å². The molecule has 2 rings (SSSR count). The number of hydrogen-bond acceptors (Lipinski definition) is 7. The summed E-state index contributed by atoms with van der Waals surface area (Å²) in [5.74, 6) is 3.88. The Morgan fingerprint density at radius 3 is 2.95 bits per heavy atom. The predicted molar refractivity (Wildman–Crippen MR) is 70.5 cm³/mol. The summed E-state index contributed by atoms with van der Waals surface area (Å²) < 4.78 is 1.47. The van der Waals surface area contributed by atoms with Gasteiger partial charge >= 0.3 is 0 Å². The zero-order valence-corrected chi connectivity index (χ0v) is 11.6. The molecule has 114 valence electrons. The van der Waals surface area contributed by atoms with Crippen molar-refractivity contribution in [2.24, 2.45) is 5.84 Å². The van der Waals surface area contributed by atoms with Crippen LogP contribution in [0.1, 0.15) is 23.8 Å². The van der Waals surface area contributed by atoms with Crippen molar-refractivity contribution in [1.82, 2.24) is 30.6 Å². The van der Waals surface area contributed by atoms with Crippen molar-refractivity contribution < 1.29 is 14.4 Å². The number of carbonyl (C=O) groups excluding carboxylic acids is 3. The molecule has 0 bridgehead atoms. The number of hydrogen-bond donors (Lipinski definition) is 3. The summed E-state index contributed by atoms with van der Waals surface area (Å²) in [6.07, 6.45) is 2.06. The van der Waals surface area contributed by atoms with Gasteiger partial charge in [-0.15, -0.1) is 5.10 Å². The van der Waals surface area contributed by atoms with Gasteiger partial charge in [0.05, 0.1) is 25.3 Å². The summed E-state index contributed by atoms with van der Waals surface area (Å²) in [5.41, 5.74) is 2.07. The van der Waals surface area contributed by atoms with Gasteiger partial charge in [-0.1, -0.05) is 12.1 Å². The van der Waals surface area contributed by atoms with E-state index in [-0.39, 0.29) is 30.1 Å². The van der Waals surface area contributed by atoms with Crippen molar-refractivity contribution in [3.63, 3.8) is 0 Å². The Labute approximate surface area is 120 Å². The molecule has 0 spiro atoms. The van der Waals surface area contributed by atoms with Crippen molar-refractivity contribution in [2.45, 2.75) is 25.9 Å². The van der Waals surface area contributed by atoms with Crippen LogP contribution in [0.3, 0.4) is 0 Å². The number of piperazine rings is 1. The van der Waals surface area contributed by atoms with E-state index in [1.54, 1.807) is 4.90 Å². The minimum Gasteiger partial charge on any atom is -0.294 e. The van der Waals surface area contributed by atoms with Crippen LogP contribution < -0.4 is 16.6 Å². The highest BCUT2D eigenvalue weighted by molar-refractivity contribution is 6.01. The van der Waals surface area contributed by atoms with Crippen LogP contribution >= 0.6 is 0 Å². The third-order valence-corrected chi connectivity index (χ3v) is 3.26. The van der Waals surface area contributed by atoms with E-state index >= 15 is 0 Å². The van der Waals surface area contributed by atoms with E-state index in [2.05, 4.69) is 15.6 Å². The second-order valence-corrected chi connectivity index (χ2v) is 4.65. The number of amides is 3. The number of aromatic nitrogens is 3. The fourth-order valence-corrected chi connectivity index (χ4v) is 2.22. The first kappa shape index (κ1) is 15.1. The van der Waals surface area contributed by atoms with E-state index < -0.39 is 5.91 Å². The third kappa shape index (κ3) is 3.41. The van der Waals surface area contributed by atoms with Crippen molar-refractivity contribution >= 4 is 17.7 Å². The van der Waals surface area contributed by atoms with Gasteiger partial charge in [0.1, 0.15) is 0 Å². The van der Waals surface area contributed by atoms with Crippen LogP contribution in [0.15, 0.2) is 6.20 Å². The molecule has 1 aliphatic rings. The monoisotopic (exact) mass is 295 g/mol. The molecule has 10 nitrogen and oxygen atoms in total. The van der Waals surface area contributed by atoms with Crippen LogP contribution in [-0.4, -0.2) is 56.7 Å². The maximum atomic E-state index is 11.7. The topological polar surface area (TPSA) is 135 Å². The fourth-order valence-electron chi connectivity index (χ4n) is 2.22. The summed E-state index contributed by atoms with van der Waals surface area (Å²) in [7, 11) is 0. The number of nitrogens with two attached hydrogens (primary N) is 1. The minimum absolute atomic E-state index is 0.108. The number of carbonyl (C=O) groups is 3. The SMILES string of the molecule is CCC1C(=O)NC(=O)CN1CCn1cc(C(=O)NN)nn1. The average molecular weight is 295 g/mol. The van der Waals surface area contributed by atoms with Crippen LogP contribution in [0.25, 0.3) is 0 Å². The van der Waals surface area contributed by atoms with E-state index in [0.717, 1.165) is 0 Å². The smallest absolute Gasteiger partial charge is 0.287 e. The summed E-state index contributed by atoms with van der Waals surface area (Å²) in [6.45, 7) is 2.90. The second kappa shape index (κ2) is 6.41. The molecule has 3 amide bonds. The van der Waals surface area contributed by atoms with E-state index in [4.69, 9.17) is 5.84 Å². The lowest BCUT2D eigenvalue weighted by atomic mass is 10.1. The molecule has 1 atom stereocenters. The number of nitrogens with one attached hydrogen (secondary N) is 2. The molecule has 0 aromatic carbocycles. The van der Waals surface area contributed by atoms with Gasteiger partial charge in [-0.2, -0.15) is 0 Å². The van der Waals surface area contributed by atoms with Gasteiger partial charge in [0, 0.05) is 6.54 Å². The zero-order valence-electron chi connectivity index (χ0n) is 11.6. The molecule has 4 N–H and O–H groups in total. The molecular weight excluding hydrogens is 278 g/mol. The Hall–Kier alpha value is -2.33. The highest BCUT2D eigenvalue weighted by Crippen LogP contribution is 2.09. The molecule has 0 radical (unpaired) electrons. The molecule has 21 heavy (non-hydrogen) atoms. The summed E-state index contributed by atoms with van der Waals surface area (Å²) in [6, 6.07) is -0.335. The first-order valence-electron chi connectivity index (χ1n) is 6.54. The molecule has 10 heteroatoms. The molecule has 1 aromatic heterocycles. The molecule has 1 aliphatic heterocycles. The Morgan fingerprint density at radius 2 is 2.29 bits per heavy atom. The molecule has 0 saturated carbocycles. The number of imide groups is 1. The van der Waals surface area contributed by atoms with E-state index in [1.807, 2.05) is 12.3 Å². The first-order valence-corrected chi connectivity index (χ1v) is 6.54. The van der Waals surface area contributed by atoms with Crippen molar-refractivity contribution in [2.75, 3.05) is 13.1 Å². The molecule has 1 saturated heterocycles. The number of rotatable bonds is 5. The van der Waals surface area contributed by atoms with Gasteiger partial charge in [-0.25, -0.2) is 5.84 Å². The van der Waals surface area contributed by atoms with Crippen LogP contribution in [0.2, 0.25) is 0 Å². The van der Waals surface area contributed by atoms with Crippen molar-refractivity contribution in [1.29, 1.82) is 0 Å².